The van der Waals surface area contributed by atoms with Gasteiger partial charge in [0, 0.05) is 32.0 Å². The molecule has 160 valence electrons. The number of nitrogens with zero attached hydrogens (tertiary/aromatic N) is 3. The molecule has 7 heteroatoms. The molecule has 0 aliphatic heterocycles. The molecule has 0 aliphatic carbocycles. The van der Waals surface area contributed by atoms with Crippen LogP contribution in [0, 0.1) is 0 Å². The van der Waals surface area contributed by atoms with Crippen LogP contribution in [0.15, 0.2) is 33.8 Å². The first-order chi connectivity index (χ1) is 14.0. The maximum atomic E-state index is 5.28. The Labute approximate surface area is 174 Å². The summed E-state index contributed by atoms with van der Waals surface area (Å²) in [4.78, 5) is 9.06. The van der Waals surface area contributed by atoms with Gasteiger partial charge >= 0.3 is 0 Å². The van der Waals surface area contributed by atoms with Gasteiger partial charge in [-0.2, -0.15) is 4.98 Å². The Kier molecular flexibility index (Phi) is 9.47. The number of aryl methyl sites for hydroxylation is 1. The molecule has 29 heavy (non-hydrogen) atoms. The van der Waals surface area contributed by atoms with Crippen molar-refractivity contribution in [3.63, 3.8) is 0 Å². The quantitative estimate of drug-likeness (QED) is 0.338. The number of hydrogen-bond donors (Lipinski definition) is 2. The summed E-state index contributed by atoms with van der Waals surface area (Å²) in [6.45, 7) is 10.8. The van der Waals surface area contributed by atoms with Crippen LogP contribution in [0.2, 0.25) is 0 Å². The first kappa shape index (κ1) is 22.7. The van der Waals surface area contributed by atoms with Crippen LogP contribution >= 0.6 is 0 Å². The molecule has 0 fully saturated rings. The number of methoxy groups -OCH3 is 1. The average Bonchev–Trinajstić information content (AvgIpc) is 3.20. The number of guanidine groups is 1. The minimum Gasteiger partial charge on any atom is -0.497 e. The number of rotatable bonds is 11. The van der Waals surface area contributed by atoms with Crippen LogP contribution in [0.25, 0.3) is 0 Å². The Morgan fingerprint density at radius 2 is 1.93 bits per heavy atom. The van der Waals surface area contributed by atoms with Gasteiger partial charge in [-0.1, -0.05) is 38.1 Å². The van der Waals surface area contributed by atoms with Crippen molar-refractivity contribution in [3.05, 3.63) is 41.5 Å². The van der Waals surface area contributed by atoms with E-state index in [2.05, 4.69) is 65.6 Å². The SMILES string of the molecule is CCNC(=NCCCc1nc(C(C)C)no1)NCCC(C)c1ccc(OC)cc1. The molecule has 0 saturated heterocycles. The Balaban J connectivity index is 1.74. The smallest absolute Gasteiger partial charge is 0.226 e. The van der Waals surface area contributed by atoms with Gasteiger partial charge in [0.2, 0.25) is 5.89 Å². The summed E-state index contributed by atoms with van der Waals surface area (Å²) in [5.74, 6) is 3.95. The van der Waals surface area contributed by atoms with E-state index in [0.29, 0.717) is 18.4 Å². The van der Waals surface area contributed by atoms with E-state index in [4.69, 9.17) is 9.26 Å². The van der Waals surface area contributed by atoms with Crippen molar-refractivity contribution in [1.82, 2.24) is 20.8 Å². The van der Waals surface area contributed by atoms with Gasteiger partial charge in [0.05, 0.1) is 7.11 Å². The normalized spacial score (nSPS) is 12.8. The third kappa shape index (κ3) is 7.75. The minimum atomic E-state index is 0.287. The fourth-order valence-electron chi connectivity index (χ4n) is 2.87. The molecule has 0 spiro atoms. The maximum absolute atomic E-state index is 5.28. The molecule has 2 aromatic rings. The Morgan fingerprint density at radius 1 is 1.17 bits per heavy atom. The number of aromatic nitrogens is 2. The largest absolute Gasteiger partial charge is 0.497 e. The first-order valence-electron chi connectivity index (χ1n) is 10.5. The van der Waals surface area contributed by atoms with Crippen LogP contribution in [-0.4, -0.2) is 42.8 Å². The van der Waals surface area contributed by atoms with Gasteiger partial charge < -0.3 is 19.9 Å². The minimum absolute atomic E-state index is 0.287. The van der Waals surface area contributed by atoms with Crippen LogP contribution in [-0.2, 0) is 6.42 Å². The predicted octanol–water partition coefficient (Wildman–Crippen LogP) is 3.88. The van der Waals surface area contributed by atoms with Crippen molar-refractivity contribution >= 4 is 5.96 Å². The molecule has 1 atom stereocenters. The predicted molar refractivity (Wildman–Crippen MR) is 117 cm³/mol. The monoisotopic (exact) mass is 401 g/mol. The summed E-state index contributed by atoms with van der Waals surface area (Å²) in [7, 11) is 1.69. The fourth-order valence-corrected chi connectivity index (χ4v) is 2.87. The second-order valence-corrected chi connectivity index (χ2v) is 7.45. The maximum Gasteiger partial charge on any atom is 0.226 e. The molecular weight excluding hydrogens is 366 g/mol. The molecule has 0 saturated carbocycles. The number of nitrogens with one attached hydrogen (secondary N) is 2. The molecule has 0 radical (unpaired) electrons. The van der Waals surface area contributed by atoms with Crippen molar-refractivity contribution < 1.29 is 9.26 Å². The van der Waals surface area contributed by atoms with Gasteiger partial charge in [-0.15, -0.1) is 0 Å². The molecule has 2 N–H and O–H groups in total. The fraction of sp³-hybridized carbons (Fsp3) is 0.591. The van der Waals surface area contributed by atoms with Crippen LogP contribution in [0.1, 0.15) is 69.7 Å². The summed E-state index contributed by atoms with van der Waals surface area (Å²) in [6.07, 6.45) is 2.65. The van der Waals surface area contributed by atoms with Crippen LogP contribution < -0.4 is 15.4 Å². The van der Waals surface area contributed by atoms with Crippen molar-refractivity contribution in [2.45, 2.75) is 58.8 Å². The van der Waals surface area contributed by atoms with Crippen LogP contribution in [0.4, 0.5) is 0 Å². The van der Waals surface area contributed by atoms with Crippen LogP contribution in [0.3, 0.4) is 0 Å². The van der Waals surface area contributed by atoms with E-state index < -0.39 is 0 Å². The summed E-state index contributed by atoms with van der Waals surface area (Å²) < 4.78 is 10.5. The highest BCUT2D eigenvalue weighted by Gasteiger charge is 2.09. The molecule has 1 unspecified atom stereocenters. The highest BCUT2D eigenvalue weighted by Crippen LogP contribution is 2.21. The molecular formula is C22H35N5O2. The van der Waals surface area contributed by atoms with Gasteiger partial charge in [0.1, 0.15) is 5.75 Å². The number of aliphatic imine (C=N–C) groups is 1. The second-order valence-electron chi connectivity index (χ2n) is 7.45. The highest BCUT2D eigenvalue weighted by atomic mass is 16.5. The van der Waals surface area contributed by atoms with E-state index in [9.17, 15) is 0 Å². The summed E-state index contributed by atoms with van der Waals surface area (Å²) in [5.41, 5.74) is 1.31. The van der Waals surface area contributed by atoms with Gasteiger partial charge in [-0.3, -0.25) is 4.99 Å². The summed E-state index contributed by atoms with van der Waals surface area (Å²) >= 11 is 0. The lowest BCUT2D eigenvalue weighted by Gasteiger charge is -2.15. The zero-order valence-corrected chi connectivity index (χ0v) is 18.4. The zero-order valence-electron chi connectivity index (χ0n) is 18.4. The lowest BCUT2D eigenvalue weighted by atomic mass is 9.98. The van der Waals surface area contributed by atoms with Crippen molar-refractivity contribution in [1.29, 1.82) is 0 Å². The molecule has 1 aromatic heterocycles. The molecule has 1 aromatic carbocycles. The molecule has 7 nitrogen and oxygen atoms in total. The Bertz CT molecular complexity index is 740. The van der Waals surface area contributed by atoms with E-state index in [1.165, 1.54) is 5.56 Å². The average molecular weight is 402 g/mol. The molecule has 0 bridgehead atoms. The van der Waals surface area contributed by atoms with E-state index in [-0.39, 0.29) is 5.92 Å². The highest BCUT2D eigenvalue weighted by molar-refractivity contribution is 5.79. The number of benzene rings is 1. The zero-order chi connectivity index (χ0) is 21.1. The van der Waals surface area contributed by atoms with E-state index in [1.54, 1.807) is 7.11 Å². The van der Waals surface area contributed by atoms with Gasteiger partial charge in [0.15, 0.2) is 11.8 Å². The van der Waals surface area contributed by atoms with E-state index >= 15 is 0 Å². The second kappa shape index (κ2) is 12.1. The van der Waals surface area contributed by atoms with E-state index in [0.717, 1.165) is 49.9 Å². The standard InChI is InChI=1S/C22H35N5O2/c1-6-23-22(24-14-7-8-20-26-21(16(2)3)27-29-20)25-15-13-17(4)18-9-11-19(28-5)12-10-18/h9-12,16-17H,6-8,13-15H2,1-5H3,(H2,23,24,25). The molecule has 1 heterocycles. The third-order valence-electron chi connectivity index (χ3n) is 4.72. The van der Waals surface area contributed by atoms with Gasteiger partial charge in [-0.05, 0) is 43.4 Å². The summed E-state index contributed by atoms with van der Waals surface area (Å²) in [6, 6.07) is 8.28. The summed E-state index contributed by atoms with van der Waals surface area (Å²) in [5, 5.41) is 10.7. The number of hydrogen-bond acceptors (Lipinski definition) is 5. The Morgan fingerprint density at radius 3 is 2.55 bits per heavy atom. The van der Waals surface area contributed by atoms with Crippen molar-refractivity contribution in [2.24, 2.45) is 4.99 Å². The molecule has 0 aliphatic rings. The van der Waals surface area contributed by atoms with Crippen molar-refractivity contribution in [3.8, 4) is 5.75 Å². The van der Waals surface area contributed by atoms with Gasteiger partial charge in [0.25, 0.3) is 0 Å². The lowest BCUT2D eigenvalue weighted by Crippen LogP contribution is -2.38. The molecule has 0 amide bonds. The lowest BCUT2D eigenvalue weighted by molar-refractivity contribution is 0.369. The first-order valence-corrected chi connectivity index (χ1v) is 10.5. The van der Waals surface area contributed by atoms with Crippen molar-refractivity contribution in [2.75, 3.05) is 26.7 Å². The third-order valence-corrected chi connectivity index (χ3v) is 4.72. The Hall–Kier alpha value is -2.57. The topological polar surface area (TPSA) is 84.6 Å². The number of ether oxygens (including phenoxy) is 1. The van der Waals surface area contributed by atoms with E-state index in [1.807, 2.05) is 12.1 Å². The van der Waals surface area contributed by atoms with Crippen LogP contribution in [0.5, 0.6) is 5.75 Å². The molecule has 2 rings (SSSR count). The van der Waals surface area contributed by atoms with Gasteiger partial charge in [-0.25, -0.2) is 0 Å².